The number of hydrogen-bond acceptors (Lipinski definition) is 10. The van der Waals surface area contributed by atoms with Crippen LogP contribution in [-0.2, 0) is 15.6 Å². The largest absolute Gasteiger partial charge is 0.496 e. The first-order valence-electron chi connectivity index (χ1n) is 11.2. The molecule has 0 unspecified atom stereocenters. The second-order valence-corrected chi connectivity index (χ2v) is 9.74. The average Bonchev–Trinajstić information content (AvgIpc) is 2.91. The number of anilines is 1. The summed E-state index contributed by atoms with van der Waals surface area (Å²) in [5.74, 6) is 1.15. The van der Waals surface area contributed by atoms with Crippen molar-refractivity contribution in [3.05, 3.63) is 81.2 Å². The Labute approximate surface area is 224 Å². The van der Waals surface area contributed by atoms with Gasteiger partial charge >= 0.3 is 6.09 Å². The van der Waals surface area contributed by atoms with Gasteiger partial charge in [-0.15, -0.1) is 0 Å². The molecule has 3 aromatic carbocycles. The van der Waals surface area contributed by atoms with Crippen LogP contribution in [0, 0.1) is 10.1 Å². The van der Waals surface area contributed by atoms with E-state index < -0.39 is 20.9 Å². The zero-order valence-corrected chi connectivity index (χ0v) is 22.3. The second-order valence-electron chi connectivity index (χ2n) is 7.86. The maximum Gasteiger partial charge on any atom is 0.417 e. The van der Waals surface area contributed by atoms with Crippen LogP contribution >= 0.6 is 0 Å². The summed E-state index contributed by atoms with van der Waals surface area (Å²) in [6, 6.07) is 12.6. The van der Waals surface area contributed by atoms with Crippen LogP contribution in [-0.4, -0.2) is 47.9 Å². The number of carbonyl (C=O) groups is 1. The molecule has 3 rings (SSSR count). The topological polar surface area (TPSA) is 153 Å². The zero-order chi connectivity index (χ0) is 28.6. The summed E-state index contributed by atoms with van der Waals surface area (Å²) >= 11 is 0. The van der Waals surface area contributed by atoms with Crippen molar-refractivity contribution in [3.63, 3.8) is 0 Å². The van der Waals surface area contributed by atoms with E-state index in [1.54, 1.807) is 18.2 Å². The number of amides is 1. The van der Waals surface area contributed by atoms with E-state index in [9.17, 15) is 23.3 Å². The van der Waals surface area contributed by atoms with E-state index in [-0.39, 0.29) is 28.6 Å². The Morgan fingerprint density at radius 1 is 0.872 bits per heavy atom. The molecule has 1 N–H and O–H groups in total. The van der Waals surface area contributed by atoms with Gasteiger partial charge in [0.15, 0.2) is 9.84 Å². The number of nitro groups is 1. The molecule has 0 atom stereocenters. The molecule has 39 heavy (non-hydrogen) atoms. The normalized spacial score (nSPS) is 11.1. The molecule has 0 saturated heterocycles. The third-order valence-electron chi connectivity index (χ3n) is 5.32. The first-order valence-corrected chi connectivity index (χ1v) is 12.9. The van der Waals surface area contributed by atoms with E-state index in [4.69, 9.17) is 23.7 Å². The van der Waals surface area contributed by atoms with Gasteiger partial charge in [-0.05, 0) is 35.9 Å². The van der Waals surface area contributed by atoms with Crippen molar-refractivity contribution in [3.8, 4) is 28.7 Å². The number of ether oxygens (including phenoxy) is 5. The second kappa shape index (κ2) is 12.6. The Kier molecular flexibility index (Phi) is 9.33. The van der Waals surface area contributed by atoms with E-state index in [2.05, 4.69) is 5.32 Å². The molecule has 0 aromatic heterocycles. The number of nitro benzene ring substituents is 1. The summed E-state index contributed by atoms with van der Waals surface area (Å²) in [5, 5.41) is 14.3. The molecule has 0 aliphatic rings. The molecule has 3 aromatic rings. The molecule has 0 bridgehead atoms. The van der Waals surface area contributed by atoms with Crippen LogP contribution in [0.5, 0.6) is 28.7 Å². The maximum absolute atomic E-state index is 12.9. The molecule has 13 heteroatoms. The monoisotopic (exact) mass is 558 g/mol. The number of benzene rings is 3. The van der Waals surface area contributed by atoms with Crippen molar-refractivity contribution in [2.24, 2.45) is 0 Å². The molecule has 0 aliphatic heterocycles. The van der Waals surface area contributed by atoms with Gasteiger partial charge in [0.2, 0.25) is 0 Å². The fourth-order valence-corrected chi connectivity index (χ4v) is 4.55. The summed E-state index contributed by atoms with van der Waals surface area (Å²) in [6.07, 6.45) is 0.470. The third kappa shape index (κ3) is 7.61. The van der Waals surface area contributed by atoms with Crippen LogP contribution in [0.4, 0.5) is 16.2 Å². The van der Waals surface area contributed by atoms with Crippen LogP contribution in [0.2, 0.25) is 0 Å². The Hall–Kier alpha value is -4.78. The Morgan fingerprint density at radius 2 is 1.49 bits per heavy atom. The molecule has 0 radical (unpaired) electrons. The lowest BCUT2D eigenvalue weighted by molar-refractivity contribution is -0.384. The van der Waals surface area contributed by atoms with Gasteiger partial charge in [-0.25, -0.2) is 13.2 Å². The molecule has 0 aliphatic carbocycles. The molecule has 0 heterocycles. The van der Waals surface area contributed by atoms with Crippen molar-refractivity contribution in [1.29, 1.82) is 0 Å². The molecule has 0 fully saturated rings. The smallest absolute Gasteiger partial charge is 0.417 e. The number of methoxy groups -OCH3 is 4. The van der Waals surface area contributed by atoms with E-state index >= 15 is 0 Å². The van der Waals surface area contributed by atoms with Gasteiger partial charge in [-0.3, -0.25) is 15.4 Å². The molecule has 0 spiro atoms. The summed E-state index contributed by atoms with van der Waals surface area (Å²) in [5.41, 5.74) is 0.783. The summed E-state index contributed by atoms with van der Waals surface area (Å²) in [7, 11) is 1.97. The lowest BCUT2D eigenvalue weighted by atomic mass is 10.1. The van der Waals surface area contributed by atoms with Crippen molar-refractivity contribution in [2.45, 2.75) is 5.75 Å². The number of carbonyl (C=O) groups excluding carboxylic acids is 1. The maximum atomic E-state index is 12.9. The summed E-state index contributed by atoms with van der Waals surface area (Å²) in [6.45, 7) is 0. The van der Waals surface area contributed by atoms with Crippen LogP contribution in [0.25, 0.3) is 6.08 Å². The lowest BCUT2D eigenvalue weighted by Crippen LogP contribution is -2.17. The van der Waals surface area contributed by atoms with Gasteiger partial charge < -0.3 is 23.7 Å². The third-order valence-corrected chi connectivity index (χ3v) is 6.61. The quantitative estimate of drug-likeness (QED) is 0.256. The highest BCUT2D eigenvalue weighted by Gasteiger charge is 2.16. The van der Waals surface area contributed by atoms with Gasteiger partial charge in [0.25, 0.3) is 5.69 Å². The Bertz CT molecular complexity index is 1460. The van der Waals surface area contributed by atoms with E-state index in [1.165, 1.54) is 70.9 Å². The molecular formula is C26H26N2O10S. The number of non-ortho nitro benzene ring substituents is 1. The highest BCUT2D eigenvalue weighted by molar-refractivity contribution is 7.93. The lowest BCUT2D eigenvalue weighted by Gasteiger charge is -2.13. The first kappa shape index (κ1) is 28.8. The SMILES string of the molecule is COc1cc(OC)c(/C=C/S(=O)(=O)Cc2ccc(OC)c(NC(=O)Oc3ccc([N+](=O)[O-])cc3)c2)c(OC)c1. The van der Waals surface area contributed by atoms with Gasteiger partial charge in [0.1, 0.15) is 28.7 Å². The number of hydrogen-bond donors (Lipinski definition) is 1. The molecule has 0 saturated carbocycles. The van der Waals surface area contributed by atoms with Gasteiger partial charge in [-0.2, -0.15) is 0 Å². The predicted octanol–water partition coefficient (Wildman–Crippen LogP) is 4.83. The predicted molar refractivity (Wildman–Crippen MR) is 143 cm³/mol. The van der Waals surface area contributed by atoms with E-state index in [0.29, 0.717) is 28.4 Å². The zero-order valence-electron chi connectivity index (χ0n) is 21.5. The van der Waals surface area contributed by atoms with Crippen LogP contribution in [0.3, 0.4) is 0 Å². The standard InChI is InChI=1S/C26H26N2O10S/c1-34-20-14-24(36-3)21(25(15-20)37-4)11-12-39(32,33)16-17-5-10-23(35-2)22(13-17)27-26(29)38-19-8-6-18(7-9-19)28(30)31/h5-15H,16H2,1-4H3,(H,27,29)/b12-11+. The minimum absolute atomic E-state index is 0.0744. The minimum atomic E-state index is -3.79. The fraction of sp³-hybridized carbons (Fsp3) is 0.192. The number of nitrogens with zero attached hydrogens (tertiary/aromatic N) is 1. The summed E-state index contributed by atoms with van der Waals surface area (Å²) in [4.78, 5) is 22.6. The van der Waals surface area contributed by atoms with Crippen molar-refractivity contribution in [2.75, 3.05) is 33.8 Å². The fourth-order valence-electron chi connectivity index (χ4n) is 3.47. The first-order chi connectivity index (χ1) is 18.6. The number of rotatable bonds is 11. The van der Waals surface area contributed by atoms with Crippen molar-refractivity contribution >= 4 is 33.4 Å². The van der Waals surface area contributed by atoms with Crippen LogP contribution < -0.4 is 29.0 Å². The highest BCUT2D eigenvalue weighted by Crippen LogP contribution is 2.35. The average molecular weight is 559 g/mol. The Balaban J connectivity index is 1.78. The van der Waals surface area contributed by atoms with Gasteiger partial charge in [0, 0.05) is 29.7 Å². The van der Waals surface area contributed by atoms with E-state index in [1.807, 2.05) is 0 Å². The van der Waals surface area contributed by atoms with Gasteiger partial charge in [0.05, 0.1) is 50.4 Å². The van der Waals surface area contributed by atoms with Crippen LogP contribution in [0.15, 0.2) is 60.0 Å². The molecule has 12 nitrogen and oxygen atoms in total. The number of nitrogens with one attached hydrogen (secondary N) is 1. The van der Waals surface area contributed by atoms with E-state index in [0.717, 1.165) is 5.41 Å². The van der Waals surface area contributed by atoms with Crippen LogP contribution in [0.1, 0.15) is 11.1 Å². The molecular weight excluding hydrogens is 532 g/mol. The number of sulfone groups is 1. The van der Waals surface area contributed by atoms with Crippen molar-refractivity contribution in [1.82, 2.24) is 0 Å². The molecule has 1 amide bonds. The van der Waals surface area contributed by atoms with Gasteiger partial charge in [-0.1, -0.05) is 6.07 Å². The molecule has 206 valence electrons. The summed E-state index contributed by atoms with van der Waals surface area (Å²) < 4.78 is 52.1. The highest BCUT2D eigenvalue weighted by atomic mass is 32.2. The van der Waals surface area contributed by atoms with Crippen molar-refractivity contribution < 1.29 is 41.8 Å². The Morgan fingerprint density at radius 3 is 2.03 bits per heavy atom. The minimum Gasteiger partial charge on any atom is -0.496 e.